The Kier molecular flexibility index (Phi) is 5.88. The first kappa shape index (κ1) is 18.9. The van der Waals surface area contributed by atoms with Crippen LogP contribution in [-0.2, 0) is 4.79 Å². The molecule has 1 fully saturated rings. The van der Waals surface area contributed by atoms with Crippen LogP contribution >= 0.6 is 11.3 Å². The number of thiophene rings is 1. The van der Waals surface area contributed by atoms with Gasteiger partial charge in [-0.3, -0.25) is 14.5 Å². The zero-order chi connectivity index (χ0) is 19.3. The first-order valence-electron chi connectivity index (χ1n) is 9.78. The largest absolute Gasteiger partial charge is 0.338 e. The van der Waals surface area contributed by atoms with Crippen molar-refractivity contribution >= 4 is 28.7 Å². The van der Waals surface area contributed by atoms with Crippen LogP contribution in [0.25, 0.3) is 5.57 Å². The maximum Gasteiger partial charge on any atom is 0.264 e. The van der Waals surface area contributed by atoms with Crippen LogP contribution in [0.5, 0.6) is 0 Å². The Morgan fingerprint density at radius 3 is 2.29 bits per heavy atom. The van der Waals surface area contributed by atoms with Crippen LogP contribution in [0.2, 0.25) is 0 Å². The molecule has 1 aromatic heterocycles. The average molecular weight is 396 g/mol. The molecule has 4 rings (SSSR count). The van der Waals surface area contributed by atoms with E-state index in [1.165, 1.54) is 22.5 Å². The van der Waals surface area contributed by atoms with E-state index in [2.05, 4.69) is 35.2 Å². The molecule has 0 N–H and O–H groups in total. The van der Waals surface area contributed by atoms with Crippen LogP contribution in [0, 0.1) is 0 Å². The molecule has 0 unspecified atom stereocenters. The summed E-state index contributed by atoms with van der Waals surface area (Å²) in [5, 5.41) is 1.92. The Balaban J connectivity index is 1.25. The van der Waals surface area contributed by atoms with Crippen LogP contribution in [0.3, 0.4) is 0 Å². The number of hydrogen-bond donors (Lipinski definition) is 0. The van der Waals surface area contributed by atoms with E-state index in [-0.39, 0.29) is 11.8 Å². The number of nitrogens with zero attached hydrogens (tertiary/aromatic N) is 3. The highest BCUT2D eigenvalue weighted by Gasteiger charge is 2.26. The van der Waals surface area contributed by atoms with E-state index in [9.17, 15) is 9.59 Å². The Morgan fingerprint density at radius 1 is 0.893 bits per heavy atom. The van der Waals surface area contributed by atoms with Crippen molar-refractivity contribution < 1.29 is 9.59 Å². The molecule has 1 saturated heterocycles. The maximum atomic E-state index is 12.7. The molecule has 0 bridgehead atoms. The highest BCUT2D eigenvalue weighted by atomic mass is 32.1. The third-order valence-corrected chi connectivity index (χ3v) is 6.31. The third kappa shape index (κ3) is 4.34. The van der Waals surface area contributed by atoms with Crippen molar-refractivity contribution in [3.05, 3.63) is 64.4 Å². The zero-order valence-electron chi connectivity index (χ0n) is 15.9. The molecule has 1 aromatic carbocycles. The lowest BCUT2D eigenvalue weighted by molar-refractivity contribution is -0.133. The van der Waals surface area contributed by atoms with Crippen molar-refractivity contribution in [2.75, 3.05) is 45.8 Å². The Hall–Kier alpha value is -2.44. The lowest BCUT2D eigenvalue weighted by Gasteiger charge is -2.36. The second-order valence-electron chi connectivity index (χ2n) is 7.23. The van der Waals surface area contributed by atoms with Crippen molar-refractivity contribution in [1.82, 2.24) is 14.7 Å². The summed E-state index contributed by atoms with van der Waals surface area (Å²) >= 11 is 1.47. The molecule has 6 heteroatoms. The van der Waals surface area contributed by atoms with E-state index in [0.29, 0.717) is 32.7 Å². The first-order valence-corrected chi connectivity index (χ1v) is 10.7. The summed E-state index contributed by atoms with van der Waals surface area (Å²) in [5.74, 6) is 0.247. The summed E-state index contributed by atoms with van der Waals surface area (Å²) in [6.07, 6.45) is 3.21. The fourth-order valence-corrected chi connectivity index (χ4v) is 4.47. The summed E-state index contributed by atoms with van der Waals surface area (Å²) in [5.41, 5.74) is 2.64. The van der Waals surface area contributed by atoms with Gasteiger partial charge in [-0.05, 0) is 29.0 Å². The third-order valence-electron chi connectivity index (χ3n) is 5.45. The highest BCUT2D eigenvalue weighted by Crippen LogP contribution is 2.22. The number of hydrogen-bond acceptors (Lipinski definition) is 4. The van der Waals surface area contributed by atoms with Crippen molar-refractivity contribution in [2.45, 2.75) is 6.42 Å². The molecule has 146 valence electrons. The minimum Gasteiger partial charge on any atom is -0.338 e. The van der Waals surface area contributed by atoms with Gasteiger partial charge in [0.15, 0.2) is 0 Å². The Labute approximate surface area is 169 Å². The molecule has 28 heavy (non-hydrogen) atoms. The van der Waals surface area contributed by atoms with Crippen LogP contribution in [0.4, 0.5) is 0 Å². The molecule has 0 radical (unpaired) electrons. The monoisotopic (exact) mass is 395 g/mol. The van der Waals surface area contributed by atoms with Crippen LogP contribution in [-0.4, -0.2) is 72.3 Å². The molecule has 0 spiro atoms. The normalized spacial score (nSPS) is 18.1. The molecule has 0 atom stereocenters. The topological polar surface area (TPSA) is 43.9 Å². The number of benzene rings is 1. The minimum absolute atomic E-state index is 0.0803. The molecule has 3 heterocycles. The fourth-order valence-electron chi connectivity index (χ4n) is 3.78. The molecule has 2 amide bonds. The fraction of sp³-hybridized carbons (Fsp3) is 0.364. The van der Waals surface area contributed by atoms with Gasteiger partial charge >= 0.3 is 0 Å². The van der Waals surface area contributed by atoms with Gasteiger partial charge in [-0.1, -0.05) is 42.5 Å². The van der Waals surface area contributed by atoms with Gasteiger partial charge in [0.05, 0.1) is 11.4 Å². The lowest BCUT2D eigenvalue weighted by atomic mass is 9.99. The summed E-state index contributed by atoms with van der Waals surface area (Å²) in [6, 6.07) is 14.2. The molecule has 2 aliphatic heterocycles. The van der Waals surface area contributed by atoms with Gasteiger partial charge in [-0.25, -0.2) is 0 Å². The Bertz CT molecular complexity index is 840. The number of piperazine rings is 1. The van der Waals surface area contributed by atoms with E-state index in [0.717, 1.165) is 24.4 Å². The number of carbonyl (C=O) groups excluding carboxylic acids is 2. The van der Waals surface area contributed by atoms with E-state index in [4.69, 9.17) is 0 Å². The van der Waals surface area contributed by atoms with E-state index >= 15 is 0 Å². The van der Waals surface area contributed by atoms with Gasteiger partial charge in [0.25, 0.3) is 5.91 Å². The molecular weight excluding hydrogens is 370 g/mol. The summed E-state index contributed by atoms with van der Waals surface area (Å²) in [7, 11) is 0. The lowest BCUT2D eigenvalue weighted by Crippen LogP contribution is -2.52. The van der Waals surface area contributed by atoms with Crippen LogP contribution < -0.4 is 0 Å². The molecular formula is C22H25N3O2S. The molecule has 2 aromatic rings. The summed E-state index contributed by atoms with van der Waals surface area (Å²) in [4.78, 5) is 31.8. The summed E-state index contributed by atoms with van der Waals surface area (Å²) < 4.78 is 0. The van der Waals surface area contributed by atoms with Crippen molar-refractivity contribution in [3.8, 4) is 0 Å². The highest BCUT2D eigenvalue weighted by molar-refractivity contribution is 7.12. The number of carbonyl (C=O) groups is 2. The second-order valence-corrected chi connectivity index (χ2v) is 8.18. The standard InChI is InChI=1S/C22H25N3O2S/c26-21(17-23-10-8-19(9-11-23)18-5-2-1-3-6-18)24-12-14-25(15-13-24)22(27)20-7-4-16-28-20/h1-8,16H,9-15,17H2. The smallest absolute Gasteiger partial charge is 0.264 e. The van der Waals surface area contributed by atoms with Gasteiger partial charge in [0, 0.05) is 39.3 Å². The average Bonchev–Trinajstić information content (AvgIpc) is 3.29. The molecule has 0 aliphatic carbocycles. The van der Waals surface area contributed by atoms with Gasteiger partial charge < -0.3 is 9.80 Å². The number of amides is 2. The zero-order valence-corrected chi connectivity index (χ0v) is 16.7. The predicted octanol–water partition coefficient (Wildman–Crippen LogP) is 2.82. The van der Waals surface area contributed by atoms with Gasteiger partial charge in [-0.2, -0.15) is 0 Å². The van der Waals surface area contributed by atoms with Crippen molar-refractivity contribution in [1.29, 1.82) is 0 Å². The molecule has 5 nitrogen and oxygen atoms in total. The minimum atomic E-state index is 0.0803. The van der Waals surface area contributed by atoms with Crippen molar-refractivity contribution in [3.63, 3.8) is 0 Å². The van der Waals surface area contributed by atoms with Crippen LogP contribution in [0.1, 0.15) is 21.7 Å². The van der Waals surface area contributed by atoms with Gasteiger partial charge in [0.1, 0.15) is 0 Å². The van der Waals surface area contributed by atoms with E-state index in [1.54, 1.807) is 0 Å². The maximum absolute atomic E-state index is 12.7. The molecule has 2 aliphatic rings. The molecule has 0 saturated carbocycles. The SMILES string of the molecule is O=C(CN1CC=C(c2ccccc2)CC1)N1CCN(C(=O)c2cccs2)CC1. The van der Waals surface area contributed by atoms with Crippen molar-refractivity contribution in [2.24, 2.45) is 0 Å². The van der Waals surface area contributed by atoms with Gasteiger partial charge in [0.2, 0.25) is 5.91 Å². The van der Waals surface area contributed by atoms with E-state index < -0.39 is 0 Å². The summed E-state index contributed by atoms with van der Waals surface area (Å²) in [6.45, 7) is 4.64. The number of rotatable bonds is 4. The van der Waals surface area contributed by atoms with E-state index in [1.807, 2.05) is 33.4 Å². The van der Waals surface area contributed by atoms with Crippen LogP contribution in [0.15, 0.2) is 53.9 Å². The quantitative estimate of drug-likeness (QED) is 0.800. The Morgan fingerprint density at radius 2 is 1.64 bits per heavy atom. The van der Waals surface area contributed by atoms with Gasteiger partial charge in [-0.15, -0.1) is 11.3 Å². The predicted molar refractivity (Wildman–Crippen MR) is 112 cm³/mol. The first-order chi connectivity index (χ1) is 13.7. The second kappa shape index (κ2) is 8.71.